The molecule has 3 heteroatoms. The Morgan fingerprint density at radius 3 is 2.69 bits per heavy atom. The molecule has 0 radical (unpaired) electrons. The maximum atomic E-state index is 5.83. The fourth-order valence-electron chi connectivity index (χ4n) is 1.18. The normalized spacial score (nSPS) is 9.85. The fourth-order valence-corrected chi connectivity index (χ4v) is 2.41. The van der Waals surface area contributed by atoms with Crippen molar-refractivity contribution in [2.75, 3.05) is 0 Å². The highest BCUT2D eigenvalue weighted by atomic mass is 35.5. The van der Waals surface area contributed by atoms with Crippen molar-refractivity contribution in [3.63, 3.8) is 0 Å². The Bertz CT molecular complexity index is 263. The molecule has 0 saturated heterocycles. The number of rotatable bonds is 4. The van der Waals surface area contributed by atoms with E-state index < -0.39 is 19.3 Å². The molecule has 1 nitrogen and oxygen atoms in total. The Labute approximate surface area is 92.9 Å². The van der Waals surface area contributed by atoms with Gasteiger partial charge >= 0.3 is 19.3 Å². The second-order valence-corrected chi connectivity index (χ2v) is 5.23. The molecule has 0 heterocycles. The largest absolute Gasteiger partial charge is 0.505 e. The molecule has 0 spiro atoms. The third-order valence-electron chi connectivity index (χ3n) is 1.70. The Morgan fingerprint density at radius 2 is 2.08 bits per heavy atom. The van der Waals surface area contributed by atoms with Crippen LogP contribution >= 0.6 is 9.07 Å². The zero-order valence-electron chi connectivity index (χ0n) is 8.09. The van der Waals surface area contributed by atoms with Crippen LogP contribution in [0.1, 0.15) is 19.4 Å². The van der Waals surface area contributed by atoms with E-state index in [-0.39, 0.29) is 6.10 Å². The van der Waals surface area contributed by atoms with E-state index in [1.54, 1.807) is 0 Å². The van der Waals surface area contributed by atoms with E-state index in [0.717, 1.165) is 10.3 Å². The molecule has 1 aromatic rings. The first kappa shape index (κ1) is 11.2. The van der Waals surface area contributed by atoms with Crippen molar-refractivity contribution in [1.82, 2.24) is 0 Å². The van der Waals surface area contributed by atoms with Gasteiger partial charge in [0.15, 0.2) is 0 Å². The lowest BCUT2D eigenvalue weighted by Crippen LogP contribution is -2.07. The van der Waals surface area contributed by atoms with Crippen LogP contribution in [0.4, 0.5) is 0 Å². The van der Waals surface area contributed by atoms with Crippen molar-refractivity contribution in [2.24, 2.45) is 0 Å². The van der Waals surface area contributed by atoms with E-state index in [9.17, 15) is 0 Å². The zero-order chi connectivity index (χ0) is 9.68. The second kappa shape index (κ2) is 5.73. The van der Waals surface area contributed by atoms with E-state index in [1.165, 1.54) is 5.56 Å². The summed E-state index contributed by atoms with van der Waals surface area (Å²) in [5, 5.41) is 0. The Morgan fingerprint density at radius 1 is 1.38 bits per heavy atom. The van der Waals surface area contributed by atoms with Crippen molar-refractivity contribution in [1.29, 1.82) is 0 Å². The molecule has 0 unspecified atom stereocenters. The fraction of sp³-hybridized carbons (Fsp3) is 0.400. The number of hydrogen-bond donors (Lipinski definition) is 0. The van der Waals surface area contributed by atoms with Crippen LogP contribution in [0.2, 0.25) is 0 Å². The molecule has 0 saturated carbocycles. The lowest BCUT2D eigenvalue weighted by molar-refractivity contribution is 0.240. The summed E-state index contributed by atoms with van der Waals surface area (Å²) < 4.78 is 6.67. The van der Waals surface area contributed by atoms with Gasteiger partial charge in [-0.1, -0.05) is 22.7 Å². The molecular formula is C10H13ClMgO. The SMILES string of the molecule is CC(C)Oc1ccccc1[CH2][Mg][Cl]. The maximum Gasteiger partial charge on any atom is 0.505 e. The molecule has 68 valence electrons. The van der Waals surface area contributed by atoms with Gasteiger partial charge in [-0.2, -0.15) is 0 Å². The molecule has 1 aromatic carbocycles. The molecule has 0 aliphatic heterocycles. The van der Waals surface area contributed by atoms with Gasteiger partial charge in [0.05, 0.1) is 6.10 Å². The van der Waals surface area contributed by atoms with E-state index in [4.69, 9.17) is 13.8 Å². The molecule has 13 heavy (non-hydrogen) atoms. The summed E-state index contributed by atoms with van der Waals surface area (Å²) >= 11 is -0.447. The highest BCUT2D eigenvalue weighted by Crippen LogP contribution is 2.19. The minimum Gasteiger partial charge on any atom is -0.491 e. The first-order chi connectivity index (χ1) is 6.24. The summed E-state index contributed by atoms with van der Waals surface area (Å²) in [6.07, 6.45) is 0.234. The quantitative estimate of drug-likeness (QED) is 0.692. The van der Waals surface area contributed by atoms with Crippen LogP contribution in [0, 0.1) is 0 Å². The minimum atomic E-state index is -0.447. The van der Waals surface area contributed by atoms with Gasteiger partial charge in [-0.25, -0.2) is 0 Å². The van der Waals surface area contributed by atoms with Crippen molar-refractivity contribution in [3.8, 4) is 5.75 Å². The van der Waals surface area contributed by atoms with Gasteiger partial charge in [-0.05, 0) is 25.5 Å². The molecule has 0 bridgehead atoms. The van der Waals surface area contributed by atoms with Gasteiger partial charge in [0.1, 0.15) is 5.75 Å². The van der Waals surface area contributed by atoms with Gasteiger partial charge in [0.2, 0.25) is 0 Å². The van der Waals surface area contributed by atoms with Crippen LogP contribution in [-0.2, 0) is 4.55 Å². The number of para-hydroxylation sites is 1. The van der Waals surface area contributed by atoms with Crippen molar-refractivity contribution in [2.45, 2.75) is 24.5 Å². The lowest BCUT2D eigenvalue weighted by atomic mass is 10.2. The molecule has 0 amide bonds. The third-order valence-corrected chi connectivity index (χ3v) is 2.99. The Kier molecular flexibility index (Phi) is 4.92. The van der Waals surface area contributed by atoms with Crippen LogP contribution in [0.15, 0.2) is 24.3 Å². The molecule has 0 aliphatic carbocycles. The first-order valence-electron chi connectivity index (χ1n) is 4.54. The van der Waals surface area contributed by atoms with E-state index in [1.807, 2.05) is 32.0 Å². The van der Waals surface area contributed by atoms with Crippen LogP contribution in [-0.4, -0.2) is 25.4 Å². The van der Waals surface area contributed by atoms with Gasteiger partial charge < -0.3 is 13.8 Å². The monoisotopic (exact) mass is 208 g/mol. The molecule has 0 atom stereocenters. The number of ether oxygens (including phenoxy) is 1. The van der Waals surface area contributed by atoms with Crippen LogP contribution in [0.25, 0.3) is 0 Å². The number of halogens is 1. The van der Waals surface area contributed by atoms with Crippen LogP contribution < -0.4 is 4.74 Å². The molecule has 0 aliphatic rings. The molecular weight excluding hydrogens is 196 g/mol. The predicted octanol–water partition coefficient (Wildman–Crippen LogP) is 2.83. The highest BCUT2D eigenvalue weighted by Gasteiger charge is 2.04. The second-order valence-electron chi connectivity index (χ2n) is 3.21. The predicted molar refractivity (Wildman–Crippen MR) is 57.5 cm³/mol. The van der Waals surface area contributed by atoms with Crippen LogP contribution in [0.3, 0.4) is 0 Å². The van der Waals surface area contributed by atoms with Crippen molar-refractivity contribution >= 4 is 28.3 Å². The smallest absolute Gasteiger partial charge is 0.491 e. The Hall–Kier alpha value is 0.0762. The minimum absolute atomic E-state index is 0.234. The molecule has 0 fully saturated rings. The van der Waals surface area contributed by atoms with Gasteiger partial charge in [-0.3, -0.25) is 0 Å². The highest BCUT2D eigenvalue weighted by molar-refractivity contribution is 6.93. The number of hydrogen-bond acceptors (Lipinski definition) is 1. The number of benzene rings is 1. The van der Waals surface area contributed by atoms with Gasteiger partial charge in [-0.15, -0.1) is 0 Å². The van der Waals surface area contributed by atoms with E-state index in [0.29, 0.717) is 0 Å². The van der Waals surface area contributed by atoms with E-state index in [2.05, 4.69) is 6.07 Å². The summed E-state index contributed by atoms with van der Waals surface area (Å²) in [6, 6.07) is 8.13. The molecule has 1 rings (SSSR count). The Balaban J connectivity index is 2.78. The van der Waals surface area contributed by atoms with Crippen LogP contribution in [0.5, 0.6) is 5.75 Å². The third kappa shape index (κ3) is 3.75. The average Bonchev–Trinajstić information content (AvgIpc) is 2.08. The van der Waals surface area contributed by atoms with Crippen molar-refractivity contribution < 1.29 is 4.74 Å². The summed E-state index contributed by atoms with van der Waals surface area (Å²) in [4.78, 5) is 0. The zero-order valence-corrected chi connectivity index (χ0v) is 10.3. The first-order valence-corrected chi connectivity index (χ1v) is 7.68. The summed E-state index contributed by atoms with van der Waals surface area (Å²) in [7, 11) is 5.83. The summed E-state index contributed by atoms with van der Waals surface area (Å²) in [6.45, 7) is 4.07. The topological polar surface area (TPSA) is 9.23 Å². The molecule has 0 aromatic heterocycles. The van der Waals surface area contributed by atoms with Crippen molar-refractivity contribution in [3.05, 3.63) is 29.8 Å². The van der Waals surface area contributed by atoms with Gasteiger partial charge in [0, 0.05) is 0 Å². The average molecular weight is 209 g/mol. The standard InChI is InChI=1S/C10H13O.ClH.Mg/c1-8(2)11-10-7-5-4-6-9(10)3;;/h4-8H,3H2,1-2H3;1H;/q;;+1/p-1. The maximum absolute atomic E-state index is 5.83. The van der Waals surface area contributed by atoms with Gasteiger partial charge in [0.25, 0.3) is 0 Å². The lowest BCUT2D eigenvalue weighted by Gasteiger charge is -2.13. The molecule has 0 N–H and O–H groups in total. The summed E-state index contributed by atoms with van der Waals surface area (Å²) in [5.74, 6) is 0.991. The summed E-state index contributed by atoms with van der Waals surface area (Å²) in [5.41, 5.74) is 1.25. The van der Waals surface area contributed by atoms with E-state index >= 15 is 0 Å².